The van der Waals surface area contributed by atoms with E-state index in [1.807, 2.05) is 20.9 Å². The van der Waals surface area contributed by atoms with E-state index in [-0.39, 0.29) is 11.9 Å². The Balaban J connectivity index is 2.56. The van der Waals surface area contributed by atoms with Gasteiger partial charge in [-0.3, -0.25) is 4.79 Å². The zero-order chi connectivity index (χ0) is 10.1. The van der Waals surface area contributed by atoms with Crippen LogP contribution in [-0.4, -0.2) is 41.4 Å². The predicted molar refractivity (Wildman–Crippen MR) is 55.0 cm³/mol. The maximum atomic E-state index is 11.8. The van der Waals surface area contributed by atoms with Crippen LogP contribution in [0.5, 0.6) is 0 Å². The Labute approximate surface area is 87.6 Å². The minimum Gasteiger partial charge on any atom is -0.379 e. The lowest BCUT2D eigenvalue weighted by Crippen LogP contribution is -2.45. The molecule has 1 rings (SSSR count). The number of likely N-dealkylation sites (N-methyl/N-ethyl adjacent to an activating group) is 1. The van der Waals surface area contributed by atoms with E-state index < -0.39 is 4.32 Å². The zero-order valence-corrected chi connectivity index (χ0v) is 9.93. The highest BCUT2D eigenvalue weighted by molar-refractivity contribution is 9.10. The summed E-state index contributed by atoms with van der Waals surface area (Å²) in [5.74, 6) is 0.114. The number of nitrogens with zero attached hydrogens (tertiary/aromatic N) is 1. The van der Waals surface area contributed by atoms with E-state index in [1.54, 1.807) is 4.90 Å². The number of alkyl halides is 1. The second kappa shape index (κ2) is 3.96. The first-order valence-electron chi connectivity index (χ1n) is 4.47. The molecule has 0 aliphatic carbocycles. The average molecular weight is 250 g/mol. The minimum absolute atomic E-state index is 0.114. The molecule has 1 saturated heterocycles. The molecule has 0 bridgehead atoms. The molecule has 0 N–H and O–H groups in total. The second-order valence-corrected chi connectivity index (χ2v) is 5.89. The van der Waals surface area contributed by atoms with Crippen molar-refractivity contribution in [1.29, 1.82) is 0 Å². The number of ether oxygens (including phenoxy) is 1. The van der Waals surface area contributed by atoms with Gasteiger partial charge in [-0.25, -0.2) is 0 Å². The van der Waals surface area contributed by atoms with Crippen molar-refractivity contribution in [2.24, 2.45) is 0 Å². The highest BCUT2D eigenvalue weighted by Gasteiger charge is 2.32. The topological polar surface area (TPSA) is 29.5 Å². The lowest BCUT2D eigenvalue weighted by atomic mass is 10.1. The molecule has 1 unspecified atom stereocenters. The average Bonchev–Trinajstić information content (AvgIpc) is 2.51. The third-order valence-electron chi connectivity index (χ3n) is 2.28. The standard InChI is InChI=1S/C9H16BrNO2/c1-9(2,10)8(12)11(3)7-4-5-13-6-7/h7H,4-6H2,1-3H3. The number of hydrogen-bond donors (Lipinski definition) is 0. The molecule has 0 radical (unpaired) electrons. The van der Waals surface area contributed by atoms with Crippen molar-refractivity contribution in [2.75, 3.05) is 20.3 Å². The molecule has 0 aromatic carbocycles. The summed E-state index contributed by atoms with van der Waals surface area (Å²) in [6.07, 6.45) is 0.950. The number of rotatable bonds is 2. The molecule has 13 heavy (non-hydrogen) atoms. The van der Waals surface area contributed by atoms with Crippen LogP contribution in [0.2, 0.25) is 0 Å². The van der Waals surface area contributed by atoms with Gasteiger partial charge in [-0.2, -0.15) is 0 Å². The van der Waals surface area contributed by atoms with Crippen LogP contribution < -0.4 is 0 Å². The van der Waals surface area contributed by atoms with E-state index in [4.69, 9.17) is 4.74 Å². The molecule has 3 nitrogen and oxygen atoms in total. The monoisotopic (exact) mass is 249 g/mol. The molecule has 0 saturated carbocycles. The number of carbonyl (C=O) groups excluding carboxylic acids is 1. The summed E-state index contributed by atoms with van der Waals surface area (Å²) >= 11 is 3.36. The van der Waals surface area contributed by atoms with Gasteiger partial charge < -0.3 is 9.64 Å². The molecule has 1 atom stereocenters. The van der Waals surface area contributed by atoms with Crippen LogP contribution in [0, 0.1) is 0 Å². The molecule has 0 aromatic rings. The Morgan fingerprint density at radius 1 is 1.62 bits per heavy atom. The van der Waals surface area contributed by atoms with Gasteiger partial charge in [0, 0.05) is 13.7 Å². The lowest BCUT2D eigenvalue weighted by Gasteiger charge is -2.28. The fraction of sp³-hybridized carbons (Fsp3) is 0.889. The lowest BCUT2D eigenvalue weighted by molar-refractivity contribution is -0.133. The van der Waals surface area contributed by atoms with Crippen molar-refractivity contribution in [3.05, 3.63) is 0 Å². The first-order valence-corrected chi connectivity index (χ1v) is 5.26. The van der Waals surface area contributed by atoms with Crippen LogP contribution in [0.25, 0.3) is 0 Å². The van der Waals surface area contributed by atoms with Crippen LogP contribution in [0.4, 0.5) is 0 Å². The fourth-order valence-corrected chi connectivity index (χ4v) is 1.69. The molecular formula is C9H16BrNO2. The Morgan fingerprint density at radius 2 is 2.23 bits per heavy atom. The first-order chi connectivity index (χ1) is 5.93. The summed E-state index contributed by atoms with van der Waals surface area (Å²) in [7, 11) is 1.84. The minimum atomic E-state index is -0.468. The molecule has 0 spiro atoms. The number of carbonyl (C=O) groups is 1. The first kappa shape index (κ1) is 11.0. The van der Waals surface area contributed by atoms with Gasteiger partial charge in [-0.15, -0.1) is 0 Å². The van der Waals surface area contributed by atoms with Gasteiger partial charge in [0.2, 0.25) is 5.91 Å². The Morgan fingerprint density at radius 3 is 2.62 bits per heavy atom. The Bertz CT molecular complexity index is 194. The van der Waals surface area contributed by atoms with Gasteiger partial charge in [0.15, 0.2) is 0 Å². The molecule has 1 amide bonds. The van der Waals surface area contributed by atoms with Crippen molar-refractivity contribution in [3.8, 4) is 0 Å². The summed E-state index contributed by atoms with van der Waals surface area (Å²) in [5.41, 5.74) is 0. The van der Waals surface area contributed by atoms with Gasteiger partial charge in [0.25, 0.3) is 0 Å². The van der Waals surface area contributed by atoms with Crippen molar-refractivity contribution >= 4 is 21.8 Å². The van der Waals surface area contributed by atoms with Crippen molar-refractivity contribution in [1.82, 2.24) is 4.90 Å². The number of halogens is 1. The van der Waals surface area contributed by atoms with E-state index in [9.17, 15) is 4.79 Å². The molecular weight excluding hydrogens is 234 g/mol. The SMILES string of the molecule is CN(C(=O)C(C)(C)Br)C1CCOC1. The molecule has 76 valence electrons. The summed E-state index contributed by atoms with van der Waals surface area (Å²) < 4.78 is 4.76. The Kier molecular flexibility index (Phi) is 3.35. The highest BCUT2D eigenvalue weighted by atomic mass is 79.9. The highest BCUT2D eigenvalue weighted by Crippen LogP contribution is 2.21. The molecule has 1 aliphatic rings. The molecule has 0 aromatic heterocycles. The van der Waals surface area contributed by atoms with E-state index in [1.165, 1.54) is 0 Å². The summed E-state index contributed by atoms with van der Waals surface area (Å²) in [6.45, 7) is 5.17. The molecule has 4 heteroatoms. The van der Waals surface area contributed by atoms with Gasteiger partial charge in [0.1, 0.15) is 0 Å². The van der Waals surface area contributed by atoms with Crippen molar-refractivity contribution in [2.45, 2.75) is 30.6 Å². The third-order valence-corrected chi connectivity index (χ3v) is 2.62. The molecule has 1 fully saturated rings. The largest absolute Gasteiger partial charge is 0.379 e. The van der Waals surface area contributed by atoms with E-state index in [0.717, 1.165) is 13.0 Å². The summed E-state index contributed by atoms with van der Waals surface area (Å²) in [4.78, 5) is 13.6. The predicted octanol–water partition coefficient (Wildman–Crippen LogP) is 1.41. The van der Waals surface area contributed by atoms with Crippen LogP contribution in [0.3, 0.4) is 0 Å². The number of amides is 1. The van der Waals surface area contributed by atoms with Crippen LogP contribution in [0.1, 0.15) is 20.3 Å². The van der Waals surface area contributed by atoms with Gasteiger partial charge >= 0.3 is 0 Å². The second-order valence-electron chi connectivity index (χ2n) is 3.91. The summed E-state index contributed by atoms with van der Waals surface area (Å²) in [6, 6.07) is 0.254. The van der Waals surface area contributed by atoms with E-state index >= 15 is 0 Å². The van der Waals surface area contributed by atoms with Crippen molar-refractivity contribution in [3.63, 3.8) is 0 Å². The number of hydrogen-bond acceptors (Lipinski definition) is 2. The fourth-order valence-electron chi connectivity index (χ4n) is 1.41. The maximum absolute atomic E-state index is 11.8. The van der Waals surface area contributed by atoms with Crippen molar-refractivity contribution < 1.29 is 9.53 Å². The quantitative estimate of drug-likeness (QED) is 0.693. The van der Waals surface area contributed by atoms with Gasteiger partial charge in [-0.1, -0.05) is 15.9 Å². The smallest absolute Gasteiger partial charge is 0.238 e. The van der Waals surface area contributed by atoms with E-state index in [2.05, 4.69) is 15.9 Å². The Hall–Kier alpha value is -0.0900. The van der Waals surface area contributed by atoms with E-state index in [0.29, 0.717) is 6.61 Å². The molecule has 1 aliphatic heterocycles. The van der Waals surface area contributed by atoms with Crippen LogP contribution in [0.15, 0.2) is 0 Å². The molecule has 1 heterocycles. The zero-order valence-electron chi connectivity index (χ0n) is 8.34. The third kappa shape index (κ3) is 2.68. The van der Waals surface area contributed by atoms with Crippen LogP contribution in [-0.2, 0) is 9.53 Å². The van der Waals surface area contributed by atoms with Crippen LogP contribution >= 0.6 is 15.9 Å². The normalized spacial score (nSPS) is 23.2. The maximum Gasteiger partial charge on any atom is 0.238 e. The van der Waals surface area contributed by atoms with Gasteiger partial charge in [-0.05, 0) is 20.3 Å². The van der Waals surface area contributed by atoms with Gasteiger partial charge in [0.05, 0.1) is 17.0 Å². The summed E-state index contributed by atoms with van der Waals surface area (Å²) in [5, 5.41) is 0.